The number of allylic oxidation sites excluding steroid dienone is 5. The minimum absolute atomic E-state index is 0.0104. The van der Waals surface area contributed by atoms with Crippen LogP contribution in [-0.2, 0) is 14.3 Å². The van der Waals surface area contributed by atoms with Crippen molar-refractivity contribution in [3.05, 3.63) is 36.5 Å². The van der Waals surface area contributed by atoms with Crippen molar-refractivity contribution >= 4 is 17.8 Å². The van der Waals surface area contributed by atoms with E-state index in [1.807, 2.05) is 6.08 Å². The van der Waals surface area contributed by atoms with Crippen LogP contribution in [0.15, 0.2) is 36.5 Å². The van der Waals surface area contributed by atoms with Crippen molar-refractivity contribution in [2.45, 2.75) is 70.0 Å². The minimum atomic E-state index is -1.33. The van der Waals surface area contributed by atoms with Crippen molar-refractivity contribution in [3.63, 3.8) is 0 Å². The van der Waals surface area contributed by atoms with E-state index in [1.54, 1.807) is 6.08 Å². The molecule has 2 heterocycles. The average Bonchev–Trinajstić information content (AvgIpc) is 3.72. The number of nitrogens with zero attached hydrogens (tertiary/aromatic N) is 1. The molecule has 9 nitrogen and oxygen atoms in total. The van der Waals surface area contributed by atoms with Crippen molar-refractivity contribution < 1.29 is 29.3 Å². The maximum Gasteiger partial charge on any atom is 0.326 e. The van der Waals surface area contributed by atoms with Gasteiger partial charge in [-0.1, -0.05) is 37.3 Å². The smallest absolute Gasteiger partial charge is 0.326 e. The predicted molar refractivity (Wildman–Crippen MR) is 150 cm³/mol. The Balaban J connectivity index is 0.787. The van der Waals surface area contributed by atoms with Crippen molar-refractivity contribution in [2.24, 2.45) is 59.2 Å². The van der Waals surface area contributed by atoms with Gasteiger partial charge in [0.15, 0.2) is 6.23 Å². The first-order chi connectivity index (χ1) is 19.8. The van der Waals surface area contributed by atoms with Crippen molar-refractivity contribution in [2.75, 3.05) is 13.1 Å². The number of nitrogens with one attached hydrogen (secondary N) is 2. The number of carbonyl (C=O) groups excluding carboxylic acids is 3. The average molecular weight is 566 g/mol. The fourth-order valence-electron chi connectivity index (χ4n) is 7.83. The molecule has 7 fully saturated rings. The number of amides is 4. The van der Waals surface area contributed by atoms with Gasteiger partial charge in [0.05, 0.1) is 0 Å². The summed E-state index contributed by atoms with van der Waals surface area (Å²) in [5.41, 5.74) is 0. The van der Waals surface area contributed by atoms with E-state index in [0.29, 0.717) is 5.92 Å². The molecule has 4 amide bonds. The molecular formula is C32H43N3O6. The molecule has 14 atom stereocenters. The number of carbonyl (C=O) groups is 3. The first-order valence-electron chi connectivity index (χ1n) is 15.7. The molecule has 2 aliphatic heterocycles. The van der Waals surface area contributed by atoms with E-state index in [0.717, 1.165) is 53.3 Å². The van der Waals surface area contributed by atoms with Gasteiger partial charge in [0.25, 0.3) is 0 Å². The van der Waals surface area contributed by atoms with Crippen molar-refractivity contribution in [1.82, 2.24) is 15.5 Å². The summed E-state index contributed by atoms with van der Waals surface area (Å²) in [6.07, 6.45) is 15.0. The summed E-state index contributed by atoms with van der Waals surface area (Å²) >= 11 is 0. The predicted octanol–water partition coefficient (Wildman–Crippen LogP) is 2.36. The highest BCUT2D eigenvalue weighted by Crippen LogP contribution is 2.70. The molecule has 0 unspecified atom stereocenters. The largest absolute Gasteiger partial charge is 0.387 e. The van der Waals surface area contributed by atoms with E-state index in [2.05, 4.69) is 35.8 Å². The van der Waals surface area contributed by atoms with Gasteiger partial charge in [0.2, 0.25) is 11.8 Å². The monoisotopic (exact) mass is 565 g/mol. The van der Waals surface area contributed by atoms with Crippen LogP contribution in [0.5, 0.6) is 0 Å². The Morgan fingerprint density at radius 2 is 1.54 bits per heavy atom. The van der Waals surface area contributed by atoms with E-state index in [-0.39, 0.29) is 25.4 Å². The standard InChI is InChI=1S/C32H43N3O6/c1-16-10-17(16)6-7-19-12-21(19)23-14-25(23)24-13-22(24)20-11-18(20)4-2-3-5-27(36)33-15-26-29(38)30(39)31(41-26)35-9-8-28(37)34-32(35)40/h2-7,16-26,29-31,38-39H,8-15H2,1H3,(H,33,36)(H,34,37,40)/b4-2+,5-3+,7-6+/t16-,17-,18-,19-,20-,21-,22+,23+,24-,25-,26-,29-,30-,31-/m1/s1. The zero-order valence-electron chi connectivity index (χ0n) is 23.7. The Hall–Kier alpha value is -2.49. The molecule has 0 aromatic carbocycles. The number of hydrogen-bond acceptors (Lipinski definition) is 6. The van der Waals surface area contributed by atoms with Gasteiger partial charge >= 0.3 is 6.03 Å². The van der Waals surface area contributed by atoms with Crippen LogP contribution in [0.1, 0.15) is 45.4 Å². The van der Waals surface area contributed by atoms with Gasteiger partial charge in [-0.25, -0.2) is 4.79 Å². The number of ether oxygens (including phenoxy) is 1. The molecule has 0 aromatic rings. The van der Waals surface area contributed by atoms with Crippen LogP contribution in [0.3, 0.4) is 0 Å². The molecule has 41 heavy (non-hydrogen) atoms. The van der Waals surface area contributed by atoms with Crippen molar-refractivity contribution in [1.29, 1.82) is 0 Å². The van der Waals surface area contributed by atoms with Gasteiger partial charge in [-0.05, 0) is 91.3 Å². The van der Waals surface area contributed by atoms with Crippen LogP contribution < -0.4 is 10.6 Å². The Morgan fingerprint density at radius 1 is 0.902 bits per heavy atom. The van der Waals surface area contributed by atoms with Gasteiger partial charge in [0.1, 0.15) is 18.3 Å². The third-order valence-electron chi connectivity index (χ3n) is 10.9. The summed E-state index contributed by atoms with van der Waals surface area (Å²) < 4.78 is 5.67. The second-order valence-electron chi connectivity index (χ2n) is 13.8. The van der Waals surface area contributed by atoms with Gasteiger partial charge in [-0.2, -0.15) is 0 Å². The van der Waals surface area contributed by atoms with E-state index < -0.39 is 36.5 Å². The minimum Gasteiger partial charge on any atom is -0.387 e. The summed E-state index contributed by atoms with van der Waals surface area (Å²) in [4.78, 5) is 36.9. The number of rotatable bonds is 11. The van der Waals surface area contributed by atoms with Gasteiger partial charge in [-0.15, -0.1) is 0 Å². The first-order valence-corrected chi connectivity index (χ1v) is 15.7. The molecule has 5 aliphatic carbocycles. The summed E-state index contributed by atoms with van der Waals surface area (Å²) in [7, 11) is 0. The topological polar surface area (TPSA) is 128 Å². The Bertz CT molecular complexity index is 1170. The first kappa shape index (κ1) is 27.3. The summed E-state index contributed by atoms with van der Waals surface area (Å²) in [5, 5.41) is 25.6. The van der Waals surface area contributed by atoms with E-state index >= 15 is 0 Å². The SMILES string of the molecule is C[C@@H]1C[C@H]1/C=C/[C@@H]1C[C@H]1[C@@H]1C[C@H]1[C@@H]1C[C@H]1[C@@H]1C[C@H]1/C=C/C=C/C(=O)NC[C@H]1O[C@@H](N2CCC(=O)NC2=O)[C@H](O)[C@@H]1O. The van der Waals surface area contributed by atoms with Gasteiger partial charge in [0, 0.05) is 25.6 Å². The maximum absolute atomic E-state index is 12.3. The number of aliphatic hydroxyl groups is 2. The van der Waals surface area contributed by atoms with Crippen LogP contribution in [-0.4, -0.2) is 70.6 Å². The Morgan fingerprint density at radius 3 is 2.20 bits per heavy atom. The van der Waals surface area contributed by atoms with Crippen LogP contribution in [0.2, 0.25) is 0 Å². The van der Waals surface area contributed by atoms with Crippen LogP contribution >= 0.6 is 0 Å². The van der Waals surface area contributed by atoms with Gasteiger partial charge < -0.3 is 20.3 Å². The third-order valence-corrected chi connectivity index (χ3v) is 10.9. The van der Waals surface area contributed by atoms with Crippen LogP contribution in [0.4, 0.5) is 4.79 Å². The van der Waals surface area contributed by atoms with Crippen LogP contribution in [0.25, 0.3) is 0 Å². The molecule has 0 radical (unpaired) electrons. The zero-order valence-corrected chi connectivity index (χ0v) is 23.7. The van der Waals surface area contributed by atoms with Gasteiger partial charge in [-0.3, -0.25) is 19.8 Å². The van der Waals surface area contributed by atoms with E-state index in [4.69, 9.17) is 4.74 Å². The lowest BCUT2D eigenvalue weighted by molar-refractivity contribution is -0.125. The number of hydrogen-bond donors (Lipinski definition) is 4. The molecule has 9 heteroatoms. The highest BCUT2D eigenvalue weighted by atomic mass is 16.6. The molecule has 0 bridgehead atoms. The van der Waals surface area contributed by atoms with E-state index in [9.17, 15) is 24.6 Å². The normalized spacial score (nSPS) is 48.2. The lowest BCUT2D eigenvalue weighted by Crippen LogP contribution is -2.56. The van der Waals surface area contributed by atoms with Crippen molar-refractivity contribution in [3.8, 4) is 0 Å². The quantitative estimate of drug-likeness (QED) is 0.173. The number of urea groups is 1. The number of aliphatic hydroxyl groups excluding tert-OH is 2. The summed E-state index contributed by atoms with van der Waals surface area (Å²) in [6, 6.07) is -0.665. The molecule has 4 N–H and O–H groups in total. The fraction of sp³-hybridized carbons (Fsp3) is 0.719. The molecule has 7 aliphatic rings. The second-order valence-corrected chi connectivity index (χ2v) is 13.8. The Kier molecular flexibility index (Phi) is 7.11. The molecule has 5 saturated carbocycles. The molecular weight excluding hydrogens is 522 g/mol. The lowest BCUT2D eigenvalue weighted by atomic mass is 10.1. The lowest BCUT2D eigenvalue weighted by Gasteiger charge is -2.32. The third kappa shape index (κ3) is 5.90. The summed E-state index contributed by atoms with van der Waals surface area (Å²) in [6.45, 7) is 2.44. The molecule has 0 spiro atoms. The van der Waals surface area contributed by atoms with Crippen LogP contribution in [0, 0.1) is 59.2 Å². The molecule has 7 rings (SSSR count). The highest BCUT2D eigenvalue weighted by Gasteiger charge is 2.63. The molecule has 222 valence electrons. The summed E-state index contributed by atoms with van der Waals surface area (Å²) in [5.74, 6) is 8.29. The second kappa shape index (κ2) is 10.7. The van der Waals surface area contributed by atoms with E-state index in [1.165, 1.54) is 43.1 Å². The molecule has 0 aromatic heterocycles. The zero-order chi connectivity index (χ0) is 28.4. The molecule has 2 saturated heterocycles. The fourth-order valence-corrected chi connectivity index (χ4v) is 7.83. The number of imide groups is 1. The Labute approximate surface area is 241 Å². The highest BCUT2D eigenvalue weighted by molar-refractivity contribution is 5.96. The maximum atomic E-state index is 12.3.